The Morgan fingerprint density at radius 2 is 2.33 bits per heavy atom. The molecule has 2 aromatic heterocycles. The molecule has 0 unspecified atom stereocenters. The first-order chi connectivity index (χ1) is 8.72. The molecule has 0 atom stereocenters. The lowest BCUT2D eigenvalue weighted by atomic mass is 10.2. The highest BCUT2D eigenvalue weighted by Gasteiger charge is 2.08. The van der Waals surface area contributed by atoms with Crippen molar-refractivity contribution in [1.29, 1.82) is 0 Å². The molecule has 0 fully saturated rings. The van der Waals surface area contributed by atoms with Crippen molar-refractivity contribution in [2.45, 2.75) is 19.9 Å². The van der Waals surface area contributed by atoms with Gasteiger partial charge in [-0.05, 0) is 30.5 Å². The Kier molecular flexibility index (Phi) is 4.28. The molecule has 18 heavy (non-hydrogen) atoms. The summed E-state index contributed by atoms with van der Waals surface area (Å²) in [5, 5.41) is 9.56. The van der Waals surface area contributed by atoms with Crippen LogP contribution < -0.4 is 10.9 Å². The van der Waals surface area contributed by atoms with E-state index in [4.69, 9.17) is 0 Å². The van der Waals surface area contributed by atoms with Gasteiger partial charge >= 0.3 is 0 Å². The average molecular weight is 263 g/mol. The van der Waals surface area contributed by atoms with Gasteiger partial charge in [-0.25, -0.2) is 4.68 Å². The second-order valence-electron chi connectivity index (χ2n) is 4.14. The van der Waals surface area contributed by atoms with Crippen molar-refractivity contribution >= 4 is 11.3 Å². The standard InChI is InChI=1S/C13H17N3OS/c1-3-6-14-9-10-8-11(12-5-4-7-18-12)15-16(2)13(10)17/h4-5,7-8,14H,3,6,9H2,1-2H3. The van der Waals surface area contributed by atoms with E-state index in [0.29, 0.717) is 6.54 Å². The third-order valence-electron chi connectivity index (χ3n) is 2.65. The summed E-state index contributed by atoms with van der Waals surface area (Å²) >= 11 is 1.63. The van der Waals surface area contributed by atoms with Gasteiger partial charge in [0.1, 0.15) is 5.69 Å². The highest BCUT2D eigenvalue weighted by Crippen LogP contribution is 2.21. The Bertz CT molecular complexity index is 560. The van der Waals surface area contributed by atoms with Crippen LogP contribution in [0.4, 0.5) is 0 Å². The number of thiophene rings is 1. The lowest BCUT2D eigenvalue weighted by Gasteiger charge is -2.07. The molecule has 2 aromatic rings. The molecular weight excluding hydrogens is 246 g/mol. The van der Waals surface area contributed by atoms with Crippen molar-refractivity contribution < 1.29 is 0 Å². The fourth-order valence-electron chi connectivity index (χ4n) is 1.74. The topological polar surface area (TPSA) is 46.9 Å². The molecule has 1 N–H and O–H groups in total. The van der Waals surface area contributed by atoms with Crippen LogP contribution in [0.5, 0.6) is 0 Å². The number of hydrogen-bond donors (Lipinski definition) is 1. The minimum Gasteiger partial charge on any atom is -0.312 e. The van der Waals surface area contributed by atoms with Crippen LogP contribution in [-0.2, 0) is 13.6 Å². The highest BCUT2D eigenvalue weighted by atomic mass is 32.1. The summed E-state index contributed by atoms with van der Waals surface area (Å²) in [4.78, 5) is 13.0. The maximum atomic E-state index is 11.9. The molecule has 0 aliphatic rings. The van der Waals surface area contributed by atoms with Crippen LogP contribution in [0.15, 0.2) is 28.4 Å². The Morgan fingerprint density at radius 1 is 1.50 bits per heavy atom. The molecule has 2 heterocycles. The monoisotopic (exact) mass is 263 g/mol. The van der Waals surface area contributed by atoms with Crippen LogP contribution in [0, 0.1) is 0 Å². The number of aryl methyl sites for hydroxylation is 1. The van der Waals surface area contributed by atoms with Gasteiger partial charge in [0, 0.05) is 19.2 Å². The summed E-state index contributed by atoms with van der Waals surface area (Å²) in [6, 6.07) is 5.89. The summed E-state index contributed by atoms with van der Waals surface area (Å²) in [6.45, 7) is 3.62. The quantitative estimate of drug-likeness (QED) is 0.839. The van der Waals surface area contributed by atoms with E-state index in [9.17, 15) is 4.79 Å². The third-order valence-corrected chi connectivity index (χ3v) is 3.55. The maximum absolute atomic E-state index is 11.9. The lowest BCUT2D eigenvalue weighted by molar-refractivity contribution is 0.644. The number of hydrogen-bond acceptors (Lipinski definition) is 4. The van der Waals surface area contributed by atoms with Crippen molar-refractivity contribution in [2.75, 3.05) is 6.54 Å². The summed E-state index contributed by atoms with van der Waals surface area (Å²) in [6.07, 6.45) is 1.06. The minimum absolute atomic E-state index is 0.0288. The fourth-order valence-corrected chi connectivity index (χ4v) is 2.42. The summed E-state index contributed by atoms with van der Waals surface area (Å²) < 4.78 is 1.41. The molecule has 96 valence electrons. The zero-order valence-electron chi connectivity index (χ0n) is 10.6. The van der Waals surface area contributed by atoms with E-state index < -0.39 is 0 Å². The Labute approximate surface area is 110 Å². The summed E-state index contributed by atoms with van der Waals surface area (Å²) in [5.41, 5.74) is 1.60. The smallest absolute Gasteiger partial charge is 0.271 e. The van der Waals surface area contributed by atoms with Gasteiger partial charge in [-0.1, -0.05) is 13.0 Å². The Balaban J connectivity index is 2.31. The fraction of sp³-hybridized carbons (Fsp3) is 0.385. The predicted octanol–water partition coefficient (Wildman–Crippen LogP) is 2.01. The van der Waals surface area contributed by atoms with Crippen molar-refractivity contribution in [1.82, 2.24) is 15.1 Å². The van der Waals surface area contributed by atoms with Gasteiger partial charge in [0.2, 0.25) is 0 Å². The van der Waals surface area contributed by atoms with Gasteiger partial charge in [0.05, 0.1) is 4.88 Å². The molecule has 0 radical (unpaired) electrons. The molecule has 0 saturated heterocycles. The first kappa shape index (κ1) is 13.0. The van der Waals surface area contributed by atoms with Gasteiger partial charge in [-0.2, -0.15) is 5.10 Å². The molecule has 0 amide bonds. The van der Waals surface area contributed by atoms with E-state index >= 15 is 0 Å². The van der Waals surface area contributed by atoms with Crippen molar-refractivity contribution in [2.24, 2.45) is 7.05 Å². The second kappa shape index (κ2) is 5.93. The van der Waals surface area contributed by atoms with Crippen LogP contribution in [0.25, 0.3) is 10.6 Å². The Morgan fingerprint density at radius 3 is 3.00 bits per heavy atom. The SMILES string of the molecule is CCCNCc1cc(-c2cccs2)nn(C)c1=O. The van der Waals surface area contributed by atoms with Gasteiger partial charge in [-0.15, -0.1) is 11.3 Å². The number of nitrogens with zero attached hydrogens (tertiary/aromatic N) is 2. The molecule has 0 aliphatic heterocycles. The zero-order valence-corrected chi connectivity index (χ0v) is 11.5. The molecule has 0 saturated carbocycles. The second-order valence-corrected chi connectivity index (χ2v) is 5.09. The molecule has 0 bridgehead atoms. The molecule has 0 spiro atoms. The average Bonchev–Trinajstić information content (AvgIpc) is 2.88. The Hall–Kier alpha value is -1.46. The molecule has 0 aromatic carbocycles. The van der Waals surface area contributed by atoms with Crippen molar-refractivity contribution in [3.8, 4) is 10.6 Å². The van der Waals surface area contributed by atoms with E-state index in [1.807, 2.05) is 23.6 Å². The van der Waals surface area contributed by atoms with Crippen molar-refractivity contribution in [3.63, 3.8) is 0 Å². The van der Waals surface area contributed by atoms with E-state index in [0.717, 1.165) is 29.1 Å². The summed E-state index contributed by atoms with van der Waals surface area (Å²) in [7, 11) is 1.70. The number of nitrogens with one attached hydrogen (secondary N) is 1. The number of rotatable bonds is 5. The maximum Gasteiger partial charge on any atom is 0.271 e. The molecule has 5 heteroatoms. The zero-order chi connectivity index (χ0) is 13.0. The van der Waals surface area contributed by atoms with Crippen LogP contribution in [-0.4, -0.2) is 16.3 Å². The normalized spacial score (nSPS) is 10.8. The van der Waals surface area contributed by atoms with Gasteiger partial charge in [0.15, 0.2) is 0 Å². The molecular formula is C13H17N3OS. The first-order valence-electron chi connectivity index (χ1n) is 6.04. The van der Waals surface area contributed by atoms with E-state index in [-0.39, 0.29) is 5.56 Å². The lowest BCUT2D eigenvalue weighted by Crippen LogP contribution is -2.27. The van der Waals surface area contributed by atoms with Crippen LogP contribution >= 0.6 is 11.3 Å². The van der Waals surface area contributed by atoms with Gasteiger partial charge < -0.3 is 5.32 Å². The summed E-state index contributed by atoms with van der Waals surface area (Å²) in [5.74, 6) is 0. The first-order valence-corrected chi connectivity index (χ1v) is 6.92. The van der Waals surface area contributed by atoms with Gasteiger partial charge in [0.25, 0.3) is 5.56 Å². The largest absolute Gasteiger partial charge is 0.312 e. The van der Waals surface area contributed by atoms with E-state index in [1.54, 1.807) is 18.4 Å². The van der Waals surface area contributed by atoms with E-state index in [2.05, 4.69) is 17.3 Å². The van der Waals surface area contributed by atoms with E-state index in [1.165, 1.54) is 4.68 Å². The van der Waals surface area contributed by atoms with Crippen LogP contribution in [0.3, 0.4) is 0 Å². The highest BCUT2D eigenvalue weighted by molar-refractivity contribution is 7.13. The van der Waals surface area contributed by atoms with Crippen LogP contribution in [0.2, 0.25) is 0 Å². The third kappa shape index (κ3) is 2.86. The minimum atomic E-state index is -0.0288. The van der Waals surface area contributed by atoms with Crippen molar-refractivity contribution in [3.05, 3.63) is 39.5 Å². The number of aromatic nitrogens is 2. The van der Waals surface area contributed by atoms with Crippen LogP contribution in [0.1, 0.15) is 18.9 Å². The van der Waals surface area contributed by atoms with Gasteiger partial charge in [-0.3, -0.25) is 4.79 Å². The predicted molar refractivity (Wildman–Crippen MR) is 74.8 cm³/mol. The molecule has 0 aliphatic carbocycles. The molecule has 2 rings (SSSR count). The molecule has 4 nitrogen and oxygen atoms in total.